The summed E-state index contributed by atoms with van der Waals surface area (Å²) in [7, 11) is 0. The molecule has 6 heteroatoms. The number of aromatic amines is 1. The highest BCUT2D eigenvalue weighted by molar-refractivity contribution is 6.01. The standard InChI is InChI=1S/C17H17N3O3/c1-10-15(12(3)21)11(2)18-16(10)17(22)23-9-13-8-20-7-5-4-6-14(20)19-13/h4-8,18H,9H2,1-3H3. The highest BCUT2D eigenvalue weighted by atomic mass is 16.5. The molecule has 1 N–H and O–H groups in total. The summed E-state index contributed by atoms with van der Waals surface area (Å²) in [5, 5.41) is 0. The summed E-state index contributed by atoms with van der Waals surface area (Å²) in [4.78, 5) is 31.2. The molecule has 0 aliphatic heterocycles. The normalized spacial score (nSPS) is 10.9. The molecule has 0 spiro atoms. The zero-order chi connectivity index (χ0) is 16.6. The van der Waals surface area contributed by atoms with Gasteiger partial charge in [-0.3, -0.25) is 4.79 Å². The lowest BCUT2D eigenvalue weighted by Crippen LogP contribution is -2.08. The van der Waals surface area contributed by atoms with Gasteiger partial charge < -0.3 is 14.1 Å². The molecule has 0 radical (unpaired) electrons. The third-order valence-electron chi connectivity index (χ3n) is 3.76. The summed E-state index contributed by atoms with van der Waals surface area (Å²) in [6.07, 6.45) is 3.70. The van der Waals surface area contributed by atoms with Gasteiger partial charge in [-0.15, -0.1) is 0 Å². The van der Waals surface area contributed by atoms with E-state index in [0.29, 0.717) is 28.2 Å². The van der Waals surface area contributed by atoms with Crippen molar-refractivity contribution in [2.75, 3.05) is 0 Å². The van der Waals surface area contributed by atoms with Crippen molar-refractivity contribution in [3.8, 4) is 0 Å². The fourth-order valence-electron chi connectivity index (χ4n) is 2.75. The fraction of sp³-hybridized carbons (Fsp3) is 0.235. The van der Waals surface area contributed by atoms with Crippen molar-refractivity contribution in [2.24, 2.45) is 0 Å². The number of nitrogens with zero attached hydrogens (tertiary/aromatic N) is 2. The van der Waals surface area contributed by atoms with Gasteiger partial charge in [0.1, 0.15) is 17.9 Å². The molecule has 0 bridgehead atoms. The number of ketones is 1. The molecule has 118 valence electrons. The molecule has 3 aromatic heterocycles. The van der Waals surface area contributed by atoms with Crippen molar-refractivity contribution < 1.29 is 14.3 Å². The Morgan fingerprint density at radius 3 is 2.74 bits per heavy atom. The van der Waals surface area contributed by atoms with E-state index in [2.05, 4.69) is 9.97 Å². The summed E-state index contributed by atoms with van der Waals surface area (Å²) in [6, 6.07) is 5.67. The van der Waals surface area contributed by atoms with Gasteiger partial charge in [0.15, 0.2) is 5.78 Å². The van der Waals surface area contributed by atoms with Gasteiger partial charge >= 0.3 is 5.97 Å². The number of hydrogen-bond donors (Lipinski definition) is 1. The van der Waals surface area contributed by atoms with Crippen molar-refractivity contribution in [1.82, 2.24) is 14.4 Å². The Morgan fingerprint density at radius 1 is 1.30 bits per heavy atom. The number of ether oxygens (including phenoxy) is 1. The Labute approximate surface area is 133 Å². The van der Waals surface area contributed by atoms with Crippen molar-refractivity contribution in [3.05, 3.63) is 58.8 Å². The molecule has 3 rings (SSSR count). The Hall–Kier alpha value is -2.89. The van der Waals surface area contributed by atoms with E-state index in [9.17, 15) is 9.59 Å². The van der Waals surface area contributed by atoms with Crippen LogP contribution in [0.2, 0.25) is 0 Å². The van der Waals surface area contributed by atoms with Crippen LogP contribution in [0, 0.1) is 13.8 Å². The van der Waals surface area contributed by atoms with E-state index in [1.54, 1.807) is 13.8 Å². The molecule has 0 unspecified atom stereocenters. The number of pyridine rings is 1. The van der Waals surface area contributed by atoms with E-state index in [1.807, 2.05) is 35.0 Å². The molecule has 0 aliphatic rings. The molecule has 0 atom stereocenters. The van der Waals surface area contributed by atoms with Gasteiger partial charge in [0.2, 0.25) is 0 Å². The quantitative estimate of drug-likeness (QED) is 0.594. The lowest BCUT2D eigenvalue weighted by atomic mass is 10.1. The van der Waals surface area contributed by atoms with Gasteiger partial charge in [0, 0.05) is 23.7 Å². The second-order valence-corrected chi connectivity index (χ2v) is 5.46. The number of esters is 1. The molecule has 0 saturated heterocycles. The molecule has 0 aliphatic carbocycles. The maximum atomic E-state index is 12.2. The average Bonchev–Trinajstić information content (AvgIpc) is 3.05. The van der Waals surface area contributed by atoms with Gasteiger partial charge in [-0.25, -0.2) is 9.78 Å². The summed E-state index contributed by atoms with van der Waals surface area (Å²) in [6.45, 7) is 5.06. The number of H-pyrrole nitrogens is 1. The maximum Gasteiger partial charge on any atom is 0.355 e. The van der Waals surface area contributed by atoms with E-state index in [-0.39, 0.29) is 12.4 Å². The first-order chi connectivity index (χ1) is 11.0. The fourth-order valence-corrected chi connectivity index (χ4v) is 2.75. The first-order valence-corrected chi connectivity index (χ1v) is 7.27. The van der Waals surface area contributed by atoms with Crippen LogP contribution < -0.4 is 0 Å². The minimum absolute atomic E-state index is 0.0735. The van der Waals surface area contributed by atoms with Gasteiger partial charge in [-0.2, -0.15) is 0 Å². The lowest BCUT2D eigenvalue weighted by molar-refractivity contribution is 0.0461. The van der Waals surface area contributed by atoms with Gasteiger partial charge in [0.05, 0.1) is 5.69 Å². The van der Waals surface area contributed by atoms with Gasteiger partial charge in [-0.1, -0.05) is 6.07 Å². The smallest absolute Gasteiger partial charge is 0.355 e. The summed E-state index contributed by atoms with van der Waals surface area (Å²) >= 11 is 0. The molecule has 0 amide bonds. The highest BCUT2D eigenvalue weighted by Gasteiger charge is 2.21. The molecule has 6 nitrogen and oxygen atoms in total. The predicted octanol–water partition coefficient (Wildman–Crippen LogP) is 2.84. The number of carbonyl (C=O) groups is 2. The largest absolute Gasteiger partial charge is 0.454 e. The molecule has 0 saturated carbocycles. The Balaban J connectivity index is 1.77. The van der Waals surface area contributed by atoms with Crippen LogP contribution in [0.3, 0.4) is 0 Å². The molecular weight excluding hydrogens is 294 g/mol. The zero-order valence-electron chi connectivity index (χ0n) is 13.2. The topological polar surface area (TPSA) is 76.5 Å². The number of aromatic nitrogens is 3. The van der Waals surface area contributed by atoms with E-state index in [0.717, 1.165) is 5.65 Å². The van der Waals surface area contributed by atoms with Crippen molar-refractivity contribution in [1.29, 1.82) is 0 Å². The van der Waals surface area contributed by atoms with Crippen molar-refractivity contribution in [3.63, 3.8) is 0 Å². The van der Waals surface area contributed by atoms with E-state index in [1.165, 1.54) is 6.92 Å². The number of nitrogens with one attached hydrogen (secondary N) is 1. The van der Waals surface area contributed by atoms with Crippen LogP contribution in [0.25, 0.3) is 5.65 Å². The molecule has 0 aromatic carbocycles. The minimum atomic E-state index is -0.491. The first-order valence-electron chi connectivity index (χ1n) is 7.27. The minimum Gasteiger partial charge on any atom is -0.454 e. The van der Waals surface area contributed by atoms with E-state index in [4.69, 9.17) is 4.74 Å². The molecule has 0 fully saturated rings. The Morgan fingerprint density at radius 2 is 2.09 bits per heavy atom. The number of aryl methyl sites for hydroxylation is 1. The number of Topliss-reactive ketones (excluding diaryl/α,β-unsaturated/α-hetero) is 1. The second kappa shape index (κ2) is 5.72. The predicted molar refractivity (Wildman–Crippen MR) is 84.6 cm³/mol. The van der Waals surface area contributed by atoms with Crippen LogP contribution in [0.1, 0.15) is 44.7 Å². The SMILES string of the molecule is CC(=O)c1c(C)[nH]c(C(=O)OCc2cn3ccccc3n2)c1C. The van der Waals surface area contributed by atoms with Crippen molar-refractivity contribution in [2.45, 2.75) is 27.4 Å². The summed E-state index contributed by atoms with van der Waals surface area (Å²) in [5.41, 5.74) is 3.62. The first kappa shape index (κ1) is 15.0. The van der Waals surface area contributed by atoms with Crippen LogP contribution in [0.5, 0.6) is 0 Å². The third kappa shape index (κ3) is 2.75. The number of fused-ring (bicyclic) bond motifs is 1. The van der Waals surface area contributed by atoms with Crippen LogP contribution in [-0.2, 0) is 11.3 Å². The maximum absolute atomic E-state index is 12.2. The van der Waals surface area contributed by atoms with Gasteiger partial charge in [-0.05, 0) is 38.5 Å². The molecular formula is C17H17N3O3. The van der Waals surface area contributed by atoms with E-state index >= 15 is 0 Å². The molecule has 3 heterocycles. The highest BCUT2D eigenvalue weighted by Crippen LogP contribution is 2.19. The molecule has 3 aromatic rings. The van der Waals surface area contributed by atoms with Crippen LogP contribution in [-0.4, -0.2) is 26.1 Å². The Bertz CT molecular complexity index is 872. The summed E-state index contributed by atoms with van der Waals surface area (Å²) in [5.74, 6) is -0.564. The molecule has 23 heavy (non-hydrogen) atoms. The van der Waals surface area contributed by atoms with Gasteiger partial charge in [0.25, 0.3) is 0 Å². The Kier molecular flexibility index (Phi) is 3.73. The average molecular weight is 311 g/mol. The summed E-state index contributed by atoms with van der Waals surface area (Å²) < 4.78 is 7.18. The van der Waals surface area contributed by atoms with Crippen molar-refractivity contribution >= 4 is 17.4 Å². The zero-order valence-corrected chi connectivity index (χ0v) is 13.2. The van der Waals surface area contributed by atoms with Crippen LogP contribution >= 0.6 is 0 Å². The number of carbonyl (C=O) groups excluding carboxylic acids is 2. The van der Waals surface area contributed by atoms with Crippen LogP contribution in [0.15, 0.2) is 30.6 Å². The van der Waals surface area contributed by atoms with E-state index < -0.39 is 5.97 Å². The second-order valence-electron chi connectivity index (χ2n) is 5.46. The monoisotopic (exact) mass is 311 g/mol. The third-order valence-corrected chi connectivity index (χ3v) is 3.76. The number of hydrogen-bond acceptors (Lipinski definition) is 4. The lowest BCUT2D eigenvalue weighted by Gasteiger charge is -2.02. The number of rotatable bonds is 4. The number of imidazole rings is 1. The van der Waals surface area contributed by atoms with Crippen LogP contribution in [0.4, 0.5) is 0 Å².